The monoisotopic (exact) mass is 289 g/mol. The first-order valence-electron chi connectivity index (χ1n) is 6.89. The highest BCUT2D eigenvalue weighted by Gasteiger charge is 2.08. The molecule has 112 valence electrons. The Bertz CT molecular complexity index is 592. The van der Waals surface area contributed by atoms with Gasteiger partial charge in [0.25, 0.3) is 11.9 Å². The second-order valence-electron chi connectivity index (χ2n) is 4.86. The van der Waals surface area contributed by atoms with Crippen LogP contribution in [-0.4, -0.2) is 32.7 Å². The third kappa shape index (κ3) is 4.27. The average Bonchev–Trinajstić information content (AvgIpc) is 2.93. The smallest absolute Gasteiger partial charge is 0.270 e. The molecule has 0 saturated heterocycles. The van der Waals surface area contributed by atoms with E-state index < -0.39 is 0 Å². The van der Waals surface area contributed by atoms with Crippen LogP contribution in [0.2, 0.25) is 0 Å². The summed E-state index contributed by atoms with van der Waals surface area (Å²) in [6, 6.07) is 7.70. The van der Waals surface area contributed by atoms with Crippen molar-refractivity contribution in [3.63, 3.8) is 0 Å². The molecular formula is C14H19N5O2. The van der Waals surface area contributed by atoms with Gasteiger partial charge in [-0.2, -0.15) is 4.80 Å². The van der Waals surface area contributed by atoms with Crippen LogP contribution < -0.4 is 10.1 Å². The van der Waals surface area contributed by atoms with Crippen molar-refractivity contribution in [3.8, 4) is 5.75 Å². The van der Waals surface area contributed by atoms with Crippen LogP contribution in [-0.2, 0) is 11.3 Å². The number of carbonyl (C=O) groups is 1. The molecule has 2 aromatic rings. The Morgan fingerprint density at radius 3 is 2.62 bits per heavy atom. The summed E-state index contributed by atoms with van der Waals surface area (Å²) >= 11 is 0. The largest absolute Gasteiger partial charge is 0.484 e. The van der Waals surface area contributed by atoms with E-state index in [2.05, 4.69) is 34.6 Å². The van der Waals surface area contributed by atoms with E-state index in [-0.39, 0.29) is 18.5 Å². The zero-order valence-electron chi connectivity index (χ0n) is 12.4. The van der Waals surface area contributed by atoms with Crippen LogP contribution in [0.15, 0.2) is 24.3 Å². The van der Waals surface area contributed by atoms with Crippen LogP contribution in [0.3, 0.4) is 0 Å². The Hall–Kier alpha value is -2.44. The minimum absolute atomic E-state index is 0.0955. The standard InChI is InChI=1S/C14H19N5O2/c1-4-19-17-14(16-18-19)15-13(20)9-21-12-7-5-11(6-8-12)10(2)3/h5-8,10H,4,9H2,1-3H3,(H,15,17,20). The van der Waals surface area contributed by atoms with Crippen LogP contribution in [0.25, 0.3) is 0 Å². The molecule has 2 rings (SSSR count). The number of nitrogens with zero attached hydrogens (tertiary/aromatic N) is 4. The van der Waals surface area contributed by atoms with Gasteiger partial charge in [0, 0.05) is 0 Å². The van der Waals surface area contributed by atoms with Gasteiger partial charge in [-0.05, 0) is 35.8 Å². The average molecular weight is 289 g/mol. The lowest BCUT2D eigenvalue weighted by Crippen LogP contribution is -2.21. The van der Waals surface area contributed by atoms with Gasteiger partial charge < -0.3 is 4.74 Å². The number of aryl methyl sites for hydroxylation is 1. The van der Waals surface area contributed by atoms with Crippen LogP contribution in [0.1, 0.15) is 32.3 Å². The molecule has 1 heterocycles. The van der Waals surface area contributed by atoms with Gasteiger partial charge in [0.1, 0.15) is 5.75 Å². The molecule has 1 aromatic carbocycles. The van der Waals surface area contributed by atoms with Crippen molar-refractivity contribution in [3.05, 3.63) is 29.8 Å². The van der Waals surface area contributed by atoms with Gasteiger partial charge in [-0.1, -0.05) is 31.1 Å². The summed E-state index contributed by atoms with van der Waals surface area (Å²) in [6.07, 6.45) is 0. The molecule has 0 spiro atoms. The molecule has 0 aliphatic carbocycles. The number of hydrogen-bond donors (Lipinski definition) is 1. The maximum Gasteiger partial charge on any atom is 0.270 e. The summed E-state index contributed by atoms with van der Waals surface area (Å²) in [6.45, 7) is 6.64. The summed E-state index contributed by atoms with van der Waals surface area (Å²) in [7, 11) is 0. The predicted molar refractivity (Wildman–Crippen MR) is 78.1 cm³/mol. The number of ether oxygens (including phenoxy) is 1. The number of anilines is 1. The van der Waals surface area contributed by atoms with Gasteiger partial charge in [-0.15, -0.1) is 5.10 Å². The highest BCUT2D eigenvalue weighted by Crippen LogP contribution is 2.18. The quantitative estimate of drug-likeness (QED) is 0.877. The first-order valence-corrected chi connectivity index (χ1v) is 6.89. The number of rotatable bonds is 6. The summed E-state index contributed by atoms with van der Waals surface area (Å²) in [5.74, 6) is 0.980. The molecule has 1 N–H and O–H groups in total. The molecule has 21 heavy (non-hydrogen) atoms. The van der Waals surface area contributed by atoms with Crippen LogP contribution in [0, 0.1) is 0 Å². The predicted octanol–water partition coefficient (Wildman–Crippen LogP) is 1.83. The van der Waals surface area contributed by atoms with Crippen molar-refractivity contribution in [2.75, 3.05) is 11.9 Å². The highest BCUT2D eigenvalue weighted by atomic mass is 16.5. The Morgan fingerprint density at radius 2 is 2.05 bits per heavy atom. The molecule has 0 aliphatic rings. The lowest BCUT2D eigenvalue weighted by Gasteiger charge is -2.08. The molecule has 0 fully saturated rings. The highest BCUT2D eigenvalue weighted by molar-refractivity contribution is 5.90. The molecule has 0 bridgehead atoms. The van der Waals surface area contributed by atoms with E-state index in [0.29, 0.717) is 18.2 Å². The lowest BCUT2D eigenvalue weighted by molar-refractivity contribution is -0.118. The van der Waals surface area contributed by atoms with E-state index in [4.69, 9.17) is 4.74 Å². The topological polar surface area (TPSA) is 81.9 Å². The first kappa shape index (κ1) is 15.0. The van der Waals surface area contributed by atoms with Gasteiger partial charge in [0.05, 0.1) is 6.54 Å². The number of carbonyl (C=O) groups excluding carboxylic acids is 1. The SMILES string of the molecule is CCn1nnc(NC(=O)COc2ccc(C(C)C)cc2)n1. The van der Waals surface area contributed by atoms with Crippen molar-refractivity contribution in [1.82, 2.24) is 20.2 Å². The molecule has 1 amide bonds. The third-order valence-corrected chi connectivity index (χ3v) is 2.90. The number of amides is 1. The molecule has 0 unspecified atom stereocenters. The maximum absolute atomic E-state index is 11.7. The summed E-state index contributed by atoms with van der Waals surface area (Å²) in [4.78, 5) is 13.1. The summed E-state index contributed by atoms with van der Waals surface area (Å²) in [5, 5.41) is 13.9. The maximum atomic E-state index is 11.7. The van der Waals surface area contributed by atoms with Crippen molar-refractivity contribution < 1.29 is 9.53 Å². The van der Waals surface area contributed by atoms with Crippen LogP contribution in [0.4, 0.5) is 5.95 Å². The van der Waals surface area contributed by atoms with E-state index in [1.807, 2.05) is 31.2 Å². The third-order valence-electron chi connectivity index (χ3n) is 2.90. The fourth-order valence-electron chi connectivity index (χ4n) is 1.69. The molecule has 1 aromatic heterocycles. The number of benzene rings is 1. The van der Waals surface area contributed by atoms with Gasteiger partial charge in [-0.3, -0.25) is 10.1 Å². The van der Waals surface area contributed by atoms with Gasteiger partial charge in [0.15, 0.2) is 6.61 Å². The summed E-state index contributed by atoms with van der Waals surface area (Å²) in [5.41, 5.74) is 1.23. The number of tetrazole rings is 1. The Kier molecular flexibility index (Phi) is 4.86. The van der Waals surface area contributed by atoms with Crippen molar-refractivity contribution in [2.45, 2.75) is 33.2 Å². The molecule has 7 heteroatoms. The van der Waals surface area contributed by atoms with Crippen molar-refractivity contribution >= 4 is 11.9 Å². The van der Waals surface area contributed by atoms with Gasteiger partial charge in [-0.25, -0.2) is 0 Å². The molecule has 0 atom stereocenters. The number of aromatic nitrogens is 4. The van der Waals surface area contributed by atoms with E-state index in [0.717, 1.165) is 0 Å². The second kappa shape index (κ2) is 6.83. The Balaban J connectivity index is 1.83. The fraction of sp³-hybridized carbons (Fsp3) is 0.429. The van der Waals surface area contributed by atoms with Crippen molar-refractivity contribution in [1.29, 1.82) is 0 Å². The number of nitrogens with one attached hydrogen (secondary N) is 1. The lowest BCUT2D eigenvalue weighted by atomic mass is 10.0. The zero-order valence-corrected chi connectivity index (χ0v) is 12.4. The van der Waals surface area contributed by atoms with Gasteiger partial charge in [0.2, 0.25) is 0 Å². The Labute approximate surface area is 123 Å². The van der Waals surface area contributed by atoms with E-state index in [1.165, 1.54) is 10.4 Å². The first-order chi connectivity index (χ1) is 10.1. The minimum atomic E-state index is -0.321. The normalized spacial score (nSPS) is 10.7. The number of hydrogen-bond acceptors (Lipinski definition) is 5. The molecule has 0 radical (unpaired) electrons. The Morgan fingerprint density at radius 1 is 1.33 bits per heavy atom. The minimum Gasteiger partial charge on any atom is -0.484 e. The molecular weight excluding hydrogens is 270 g/mol. The van der Waals surface area contributed by atoms with Crippen LogP contribution >= 0.6 is 0 Å². The van der Waals surface area contributed by atoms with Crippen molar-refractivity contribution in [2.24, 2.45) is 0 Å². The van der Waals surface area contributed by atoms with E-state index >= 15 is 0 Å². The van der Waals surface area contributed by atoms with Gasteiger partial charge >= 0.3 is 0 Å². The molecule has 0 aliphatic heterocycles. The van der Waals surface area contributed by atoms with E-state index in [1.54, 1.807) is 0 Å². The summed E-state index contributed by atoms with van der Waals surface area (Å²) < 4.78 is 5.41. The zero-order chi connectivity index (χ0) is 15.2. The molecule has 7 nitrogen and oxygen atoms in total. The van der Waals surface area contributed by atoms with Crippen LogP contribution in [0.5, 0.6) is 5.75 Å². The van der Waals surface area contributed by atoms with E-state index in [9.17, 15) is 4.79 Å². The second-order valence-corrected chi connectivity index (χ2v) is 4.86. The fourth-order valence-corrected chi connectivity index (χ4v) is 1.69. The molecule has 0 saturated carbocycles.